The maximum atomic E-state index is 13.2. The first-order valence-corrected chi connectivity index (χ1v) is 8.51. The number of rotatable bonds is 2. The normalized spacial score (nSPS) is 13.7. The molecule has 5 rings (SSSR count). The Hall–Kier alpha value is -2.74. The average molecular weight is 339 g/mol. The molecule has 7 nitrogen and oxygen atoms in total. The topological polar surface area (TPSA) is 74.3 Å². The van der Waals surface area contributed by atoms with Crippen molar-refractivity contribution in [3.8, 4) is 11.4 Å². The lowest BCUT2D eigenvalue weighted by atomic mass is 10.2. The minimum Gasteiger partial charge on any atom is -0.497 e. The second kappa shape index (κ2) is 4.88. The quantitative estimate of drug-likeness (QED) is 0.558. The van der Waals surface area contributed by atoms with E-state index >= 15 is 0 Å². The highest BCUT2D eigenvalue weighted by Gasteiger charge is 2.25. The Kier molecular flexibility index (Phi) is 2.78. The number of thiophene rings is 1. The van der Waals surface area contributed by atoms with Gasteiger partial charge in [-0.05, 0) is 59.5 Å². The summed E-state index contributed by atoms with van der Waals surface area (Å²) in [6.07, 6.45) is 3.08. The molecule has 0 fully saturated rings. The van der Waals surface area contributed by atoms with Crippen molar-refractivity contribution in [3.63, 3.8) is 0 Å². The van der Waals surface area contributed by atoms with Crippen molar-refractivity contribution in [2.24, 2.45) is 0 Å². The maximum absolute atomic E-state index is 13.2. The molecule has 1 aromatic carbocycles. The molecular formula is C16H13N5O2S. The van der Waals surface area contributed by atoms with Crippen LogP contribution in [0.5, 0.6) is 5.75 Å². The van der Waals surface area contributed by atoms with Gasteiger partial charge in [-0.1, -0.05) is 5.10 Å². The van der Waals surface area contributed by atoms with Crippen molar-refractivity contribution >= 4 is 27.3 Å². The van der Waals surface area contributed by atoms with Crippen LogP contribution in [0, 0.1) is 0 Å². The first kappa shape index (κ1) is 13.7. The van der Waals surface area contributed by atoms with E-state index in [9.17, 15) is 4.79 Å². The fourth-order valence-electron chi connectivity index (χ4n) is 3.38. The molecule has 1 aliphatic rings. The molecule has 0 bridgehead atoms. The Balaban J connectivity index is 1.91. The lowest BCUT2D eigenvalue weighted by Crippen LogP contribution is -2.22. The number of fused-ring (bicyclic) bond motifs is 5. The van der Waals surface area contributed by atoms with Crippen molar-refractivity contribution < 1.29 is 4.74 Å². The van der Waals surface area contributed by atoms with Crippen LogP contribution in [-0.4, -0.2) is 31.7 Å². The summed E-state index contributed by atoms with van der Waals surface area (Å²) < 4.78 is 8.44. The van der Waals surface area contributed by atoms with E-state index < -0.39 is 0 Å². The number of aromatic nitrogens is 5. The van der Waals surface area contributed by atoms with Gasteiger partial charge in [-0.3, -0.25) is 4.79 Å². The average Bonchev–Trinajstić information content (AvgIpc) is 3.30. The standard InChI is InChI=1S/C16H13N5O2S/c1-23-10-7-5-9(6-8-10)20-14(22)13-11-3-2-4-12(11)24-15(13)21-16(20)17-18-19-21/h5-8H,2-4H2,1H3. The highest BCUT2D eigenvalue weighted by molar-refractivity contribution is 7.19. The van der Waals surface area contributed by atoms with Crippen LogP contribution in [-0.2, 0) is 12.8 Å². The van der Waals surface area contributed by atoms with Crippen LogP contribution in [0.2, 0.25) is 0 Å². The number of nitrogens with zero attached hydrogens (tertiary/aromatic N) is 5. The van der Waals surface area contributed by atoms with E-state index in [1.165, 1.54) is 10.4 Å². The van der Waals surface area contributed by atoms with E-state index in [0.29, 0.717) is 5.78 Å². The van der Waals surface area contributed by atoms with Crippen LogP contribution in [0.1, 0.15) is 16.9 Å². The SMILES string of the molecule is COc1ccc(-n2c(=O)c3c4c(sc3n3nnnc23)CCC4)cc1. The lowest BCUT2D eigenvalue weighted by Gasteiger charge is -2.08. The van der Waals surface area contributed by atoms with Gasteiger partial charge in [0.1, 0.15) is 10.6 Å². The summed E-state index contributed by atoms with van der Waals surface area (Å²) in [5, 5.41) is 12.7. The third-order valence-corrected chi connectivity index (χ3v) is 5.76. The number of tetrazole rings is 1. The zero-order valence-corrected chi connectivity index (χ0v) is 13.7. The molecule has 0 saturated heterocycles. The largest absolute Gasteiger partial charge is 0.497 e. The third kappa shape index (κ3) is 1.71. The number of aryl methyl sites for hydroxylation is 2. The van der Waals surface area contributed by atoms with Crippen molar-refractivity contribution in [2.75, 3.05) is 7.11 Å². The summed E-state index contributed by atoms with van der Waals surface area (Å²) in [6.45, 7) is 0. The van der Waals surface area contributed by atoms with E-state index in [-0.39, 0.29) is 5.56 Å². The molecule has 24 heavy (non-hydrogen) atoms. The van der Waals surface area contributed by atoms with Gasteiger partial charge in [0.15, 0.2) is 0 Å². The molecule has 120 valence electrons. The second-order valence-corrected chi connectivity index (χ2v) is 6.85. The Morgan fingerprint density at radius 3 is 2.83 bits per heavy atom. The summed E-state index contributed by atoms with van der Waals surface area (Å²) in [5.41, 5.74) is 1.83. The van der Waals surface area contributed by atoms with Crippen LogP contribution < -0.4 is 10.3 Å². The molecule has 0 atom stereocenters. The molecule has 0 saturated carbocycles. The van der Waals surface area contributed by atoms with Crippen LogP contribution in [0.15, 0.2) is 29.1 Å². The molecule has 1 aliphatic carbocycles. The van der Waals surface area contributed by atoms with Gasteiger partial charge in [0.2, 0.25) is 0 Å². The third-order valence-electron chi connectivity index (χ3n) is 4.50. The van der Waals surface area contributed by atoms with E-state index in [2.05, 4.69) is 15.5 Å². The zero-order valence-electron chi connectivity index (χ0n) is 12.9. The van der Waals surface area contributed by atoms with E-state index in [1.54, 1.807) is 27.5 Å². The van der Waals surface area contributed by atoms with Gasteiger partial charge in [0.25, 0.3) is 11.3 Å². The Morgan fingerprint density at radius 2 is 2.04 bits per heavy atom. The minimum atomic E-state index is -0.0585. The second-order valence-electron chi connectivity index (χ2n) is 5.77. The Labute approximate surface area is 140 Å². The van der Waals surface area contributed by atoms with E-state index in [1.807, 2.05) is 24.3 Å². The lowest BCUT2D eigenvalue weighted by molar-refractivity contribution is 0.414. The van der Waals surface area contributed by atoms with Crippen LogP contribution >= 0.6 is 11.3 Å². The number of benzene rings is 1. The highest BCUT2D eigenvalue weighted by atomic mass is 32.1. The smallest absolute Gasteiger partial charge is 0.268 e. The van der Waals surface area contributed by atoms with Gasteiger partial charge in [0.05, 0.1) is 18.2 Å². The first-order chi connectivity index (χ1) is 11.8. The Morgan fingerprint density at radius 1 is 1.21 bits per heavy atom. The monoisotopic (exact) mass is 339 g/mol. The number of ether oxygens (including phenoxy) is 1. The fraction of sp³-hybridized carbons (Fsp3) is 0.250. The maximum Gasteiger partial charge on any atom is 0.268 e. The van der Waals surface area contributed by atoms with Gasteiger partial charge in [-0.2, -0.15) is 4.52 Å². The first-order valence-electron chi connectivity index (χ1n) is 7.69. The van der Waals surface area contributed by atoms with Crippen molar-refractivity contribution in [2.45, 2.75) is 19.3 Å². The number of hydrogen-bond acceptors (Lipinski definition) is 6. The predicted octanol–water partition coefficient (Wildman–Crippen LogP) is 1.99. The van der Waals surface area contributed by atoms with Crippen LogP contribution in [0.25, 0.3) is 21.7 Å². The fourth-order valence-corrected chi connectivity index (χ4v) is 4.70. The Bertz CT molecular complexity index is 1140. The van der Waals surface area contributed by atoms with Gasteiger partial charge in [0, 0.05) is 4.88 Å². The van der Waals surface area contributed by atoms with Crippen LogP contribution in [0.3, 0.4) is 0 Å². The van der Waals surface area contributed by atoms with Crippen molar-refractivity contribution in [3.05, 3.63) is 45.1 Å². The number of methoxy groups -OCH3 is 1. The molecule has 0 unspecified atom stereocenters. The van der Waals surface area contributed by atoms with E-state index in [4.69, 9.17) is 4.74 Å². The molecule has 3 heterocycles. The summed E-state index contributed by atoms with van der Waals surface area (Å²) in [4.78, 5) is 15.4. The minimum absolute atomic E-state index is 0.0585. The van der Waals surface area contributed by atoms with Crippen molar-refractivity contribution in [1.29, 1.82) is 0 Å². The highest BCUT2D eigenvalue weighted by Crippen LogP contribution is 2.35. The summed E-state index contributed by atoms with van der Waals surface area (Å²) in [7, 11) is 1.61. The van der Waals surface area contributed by atoms with Gasteiger partial charge in [-0.25, -0.2) is 4.57 Å². The van der Waals surface area contributed by atoms with Gasteiger partial charge < -0.3 is 4.74 Å². The summed E-state index contributed by atoms with van der Waals surface area (Å²) in [6, 6.07) is 7.33. The summed E-state index contributed by atoms with van der Waals surface area (Å²) in [5.74, 6) is 1.16. The van der Waals surface area contributed by atoms with E-state index in [0.717, 1.165) is 40.9 Å². The molecule has 0 spiro atoms. The molecule has 8 heteroatoms. The molecule has 3 aromatic heterocycles. The molecule has 0 N–H and O–H groups in total. The van der Waals surface area contributed by atoms with Gasteiger partial charge >= 0.3 is 0 Å². The molecular weight excluding hydrogens is 326 g/mol. The molecule has 0 amide bonds. The van der Waals surface area contributed by atoms with Crippen molar-refractivity contribution in [1.82, 2.24) is 24.6 Å². The van der Waals surface area contributed by atoms with Crippen LogP contribution in [0.4, 0.5) is 0 Å². The molecule has 0 aliphatic heterocycles. The predicted molar refractivity (Wildman–Crippen MR) is 90.3 cm³/mol. The van der Waals surface area contributed by atoms with Gasteiger partial charge in [-0.15, -0.1) is 11.3 Å². The summed E-state index contributed by atoms with van der Waals surface area (Å²) >= 11 is 1.63. The molecule has 0 radical (unpaired) electrons. The zero-order chi connectivity index (χ0) is 16.3. The molecule has 4 aromatic rings. The number of hydrogen-bond donors (Lipinski definition) is 0.